The first kappa shape index (κ1) is 19.1. The maximum absolute atomic E-state index is 13.7. The second-order valence-electron chi connectivity index (χ2n) is 6.26. The van der Waals surface area contributed by atoms with Crippen LogP contribution in [0.2, 0.25) is 0 Å². The standard InChI is InChI=1S/C20H20F3NO3/c1-2-15(13-6-4-3-5-7-13)19(25)24-18(20(21,22)23)14-8-9-16-17(12-14)27-11-10-26-16/h3-9,12,15,18H,2,10-11H2,1H3,(H,24,25)/t15-,18+/m1/s1. The number of carbonyl (C=O) groups is 1. The van der Waals surface area contributed by atoms with Crippen molar-refractivity contribution in [2.75, 3.05) is 13.2 Å². The highest BCUT2D eigenvalue weighted by Gasteiger charge is 2.43. The van der Waals surface area contributed by atoms with Crippen molar-refractivity contribution in [3.63, 3.8) is 0 Å². The third kappa shape index (κ3) is 4.35. The molecule has 0 saturated heterocycles. The van der Waals surface area contributed by atoms with E-state index in [9.17, 15) is 18.0 Å². The van der Waals surface area contributed by atoms with Crippen molar-refractivity contribution in [2.24, 2.45) is 0 Å². The van der Waals surface area contributed by atoms with E-state index in [1.807, 2.05) is 0 Å². The van der Waals surface area contributed by atoms with Crippen molar-refractivity contribution in [1.29, 1.82) is 0 Å². The van der Waals surface area contributed by atoms with E-state index in [2.05, 4.69) is 5.32 Å². The smallest absolute Gasteiger partial charge is 0.412 e. The van der Waals surface area contributed by atoms with E-state index < -0.39 is 24.0 Å². The molecule has 0 aliphatic carbocycles. The molecular formula is C20H20F3NO3. The van der Waals surface area contributed by atoms with Gasteiger partial charge in [0, 0.05) is 0 Å². The highest BCUT2D eigenvalue weighted by Crippen LogP contribution is 2.38. The van der Waals surface area contributed by atoms with E-state index in [0.717, 1.165) is 0 Å². The van der Waals surface area contributed by atoms with Crippen molar-refractivity contribution in [1.82, 2.24) is 5.32 Å². The molecule has 0 fully saturated rings. The first-order chi connectivity index (χ1) is 12.9. The number of fused-ring (bicyclic) bond motifs is 1. The molecule has 144 valence electrons. The minimum Gasteiger partial charge on any atom is -0.486 e. The minimum absolute atomic E-state index is 0.0944. The Labute approximate surface area is 155 Å². The number of halogens is 3. The van der Waals surface area contributed by atoms with E-state index in [-0.39, 0.29) is 17.9 Å². The van der Waals surface area contributed by atoms with Gasteiger partial charge in [0.05, 0.1) is 5.92 Å². The van der Waals surface area contributed by atoms with Crippen LogP contribution in [0.5, 0.6) is 11.5 Å². The Morgan fingerprint density at radius 2 is 1.70 bits per heavy atom. The van der Waals surface area contributed by atoms with Crippen LogP contribution in [0.1, 0.15) is 36.4 Å². The van der Waals surface area contributed by atoms with Crippen LogP contribution in [0.25, 0.3) is 0 Å². The molecule has 0 radical (unpaired) electrons. The molecule has 2 aromatic carbocycles. The monoisotopic (exact) mass is 379 g/mol. The molecule has 4 nitrogen and oxygen atoms in total. The Balaban J connectivity index is 1.86. The summed E-state index contributed by atoms with van der Waals surface area (Å²) in [4.78, 5) is 12.6. The molecule has 1 N–H and O–H groups in total. The Morgan fingerprint density at radius 1 is 1.04 bits per heavy atom. The zero-order valence-corrected chi connectivity index (χ0v) is 14.8. The van der Waals surface area contributed by atoms with E-state index >= 15 is 0 Å². The Morgan fingerprint density at radius 3 is 2.33 bits per heavy atom. The number of nitrogens with one attached hydrogen (secondary N) is 1. The Bertz CT molecular complexity index is 793. The predicted octanol–water partition coefficient (Wildman–Crippen LogP) is 4.37. The molecule has 2 aromatic rings. The Kier molecular flexibility index (Phi) is 5.58. The fourth-order valence-corrected chi connectivity index (χ4v) is 3.09. The first-order valence-corrected chi connectivity index (χ1v) is 8.71. The number of rotatable bonds is 5. The van der Waals surface area contributed by atoms with E-state index in [4.69, 9.17) is 9.47 Å². The largest absolute Gasteiger partial charge is 0.486 e. The number of ether oxygens (including phenoxy) is 2. The van der Waals surface area contributed by atoms with Crippen LogP contribution in [0.4, 0.5) is 13.2 Å². The third-order valence-electron chi connectivity index (χ3n) is 4.44. The fourth-order valence-electron chi connectivity index (χ4n) is 3.09. The van der Waals surface area contributed by atoms with Gasteiger partial charge in [-0.3, -0.25) is 4.79 Å². The fraction of sp³-hybridized carbons (Fsp3) is 0.350. The predicted molar refractivity (Wildman–Crippen MR) is 93.8 cm³/mol. The molecule has 3 rings (SSSR count). The average Bonchev–Trinajstić information content (AvgIpc) is 2.66. The molecule has 2 atom stereocenters. The zero-order valence-electron chi connectivity index (χ0n) is 14.8. The van der Waals surface area contributed by atoms with Gasteiger partial charge in [0.25, 0.3) is 0 Å². The lowest BCUT2D eigenvalue weighted by Crippen LogP contribution is -2.40. The second kappa shape index (κ2) is 7.90. The summed E-state index contributed by atoms with van der Waals surface area (Å²) in [5.74, 6) is -0.681. The summed E-state index contributed by atoms with van der Waals surface area (Å²) in [6, 6.07) is 10.7. The maximum Gasteiger partial charge on any atom is 0.412 e. The molecule has 1 heterocycles. The number of hydrogen-bond donors (Lipinski definition) is 1. The summed E-state index contributed by atoms with van der Waals surface area (Å²) >= 11 is 0. The minimum atomic E-state index is -4.64. The molecule has 0 unspecified atom stereocenters. The van der Waals surface area contributed by atoms with Crippen molar-refractivity contribution in [3.05, 3.63) is 59.7 Å². The summed E-state index contributed by atoms with van der Waals surface area (Å²) in [5.41, 5.74) is 0.587. The van der Waals surface area contributed by atoms with E-state index in [1.54, 1.807) is 37.3 Å². The second-order valence-corrected chi connectivity index (χ2v) is 6.26. The lowest BCUT2D eigenvalue weighted by molar-refractivity contribution is -0.164. The first-order valence-electron chi connectivity index (χ1n) is 8.71. The maximum atomic E-state index is 13.7. The van der Waals surface area contributed by atoms with Gasteiger partial charge < -0.3 is 14.8 Å². The summed E-state index contributed by atoms with van der Waals surface area (Å²) in [5, 5.41) is 2.17. The Hall–Kier alpha value is -2.70. The van der Waals surface area contributed by atoms with Gasteiger partial charge in [0.2, 0.25) is 5.91 Å². The van der Waals surface area contributed by atoms with Crippen LogP contribution in [-0.2, 0) is 4.79 Å². The van der Waals surface area contributed by atoms with Crippen molar-refractivity contribution >= 4 is 5.91 Å². The van der Waals surface area contributed by atoms with Gasteiger partial charge in [-0.1, -0.05) is 43.3 Å². The summed E-state index contributed by atoms with van der Waals surface area (Å²) in [7, 11) is 0. The van der Waals surface area contributed by atoms with Gasteiger partial charge in [0.1, 0.15) is 13.2 Å². The van der Waals surface area contributed by atoms with Gasteiger partial charge in [-0.25, -0.2) is 0 Å². The SMILES string of the molecule is CC[C@@H](C(=O)N[C@@H](c1ccc2c(c1)OCCO2)C(F)(F)F)c1ccccc1. The molecular weight excluding hydrogens is 359 g/mol. The normalized spacial score (nSPS) is 15.7. The summed E-state index contributed by atoms with van der Waals surface area (Å²) in [6.07, 6.45) is -4.25. The number of alkyl halides is 3. The van der Waals surface area contributed by atoms with Crippen molar-refractivity contribution < 1.29 is 27.4 Å². The van der Waals surface area contributed by atoms with Crippen molar-refractivity contribution in [3.8, 4) is 11.5 Å². The van der Waals surface area contributed by atoms with E-state index in [1.165, 1.54) is 18.2 Å². The molecule has 0 aromatic heterocycles. The van der Waals surface area contributed by atoms with Gasteiger partial charge in [-0.2, -0.15) is 13.2 Å². The topological polar surface area (TPSA) is 47.6 Å². The van der Waals surface area contributed by atoms with Crippen LogP contribution in [-0.4, -0.2) is 25.3 Å². The quantitative estimate of drug-likeness (QED) is 0.839. The van der Waals surface area contributed by atoms with Crippen LogP contribution in [0.15, 0.2) is 48.5 Å². The average molecular weight is 379 g/mol. The zero-order chi connectivity index (χ0) is 19.4. The molecule has 1 amide bonds. The highest BCUT2D eigenvalue weighted by atomic mass is 19.4. The lowest BCUT2D eigenvalue weighted by Gasteiger charge is -2.26. The molecule has 27 heavy (non-hydrogen) atoms. The molecule has 0 saturated carbocycles. The summed E-state index contributed by atoms with van der Waals surface area (Å²) < 4.78 is 51.8. The van der Waals surface area contributed by atoms with Crippen LogP contribution in [0, 0.1) is 0 Å². The molecule has 7 heteroatoms. The van der Waals surface area contributed by atoms with Gasteiger partial charge in [-0.05, 0) is 29.7 Å². The van der Waals surface area contributed by atoms with E-state index in [0.29, 0.717) is 24.3 Å². The van der Waals surface area contributed by atoms with Crippen molar-refractivity contribution in [2.45, 2.75) is 31.5 Å². The van der Waals surface area contributed by atoms with Gasteiger partial charge in [0.15, 0.2) is 17.5 Å². The van der Waals surface area contributed by atoms with Crippen LogP contribution >= 0.6 is 0 Å². The number of carbonyl (C=O) groups excluding carboxylic acids is 1. The molecule has 1 aliphatic heterocycles. The van der Waals surface area contributed by atoms with Gasteiger partial charge in [-0.15, -0.1) is 0 Å². The molecule has 0 bridgehead atoms. The third-order valence-corrected chi connectivity index (χ3v) is 4.44. The lowest BCUT2D eigenvalue weighted by atomic mass is 9.94. The molecule has 0 spiro atoms. The number of benzene rings is 2. The molecule has 1 aliphatic rings. The van der Waals surface area contributed by atoms with Crippen LogP contribution in [0.3, 0.4) is 0 Å². The van der Waals surface area contributed by atoms with Gasteiger partial charge >= 0.3 is 6.18 Å². The summed E-state index contributed by atoms with van der Waals surface area (Å²) in [6.45, 7) is 2.39. The number of amides is 1. The van der Waals surface area contributed by atoms with Crippen LogP contribution < -0.4 is 14.8 Å². The number of hydrogen-bond acceptors (Lipinski definition) is 3. The highest BCUT2D eigenvalue weighted by molar-refractivity contribution is 5.84.